The summed E-state index contributed by atoms with van der Waals surface area (Å²) in [6.07, 6.45) is 0.842. The van der Waals surface area contributed by atoms with Crippen LogP contribution in [0.25, 0.3) is 0 Å². The van der Waals surface area contributed by atoms with Crippen molar-refractivity contribution in [3.63, 3.8) is 0 Å². The molecule has 4 aromatic carbocycles. The minimum absolute atomic E-state index is 0.0474. The summed E-state index contributed by atoms with van der Waals surface area (Å²) in [6, 6.07) is 17.4. The van der Waals surface area contributed by atoms with E-state index >= 15 is 0 Å². The van der Waals surface area contributed by atoms with E-state index in [1.54, 1.807) is 142 Å². The van der Waals surface area contributed by atoms with Gasteiger partial charge in [-0.1, -0.05) is 36.4 Å². The van der Waals surface area contributed by atoms with Crippen LogP contribution in [0.1, 0.15) is 188 Å². The van der Waals surface area contributed by atoms with Crippen LogP contribution < -0.4 is 41.4 Å². The summed E-state index contributed by atoms with van der Waals surface area (Å²) in [5.74, 6) is -0.697. The number of carbonyl (C=O) groups excluding carboxylic acids is 9. The molecule has 5 aromatic rings. The molecule has 6 N–H and O–H groups in total. The van der Waals surface area contributed by atoms with Gasteiger partial charge in [0.15, 0.2) is 11.6 Å². The second kappa shape index (κ2) is 33.6. The first-order valence-corrected chi connectivity index (χ1v) is 31.4. The van der Waals surface area contributed by atoms with Crippen LogP contribution in [-0.4, -0.2) is 130 Å². The van der Waals surface area contributed by atoms with Crippen molar-refractivity contribution in [2.45, 2.75) is 199 Å². The highest BCUT2D eigenvalue weighted by Gasteiger charge is 2.37. The predicted molar refractivity (Wildman–Crippen MR) is 362 cm³/mol. The fourth-order valence-corrected chi connectivity index (χ4v) is 8.79. The highest BCUT2D eigenvalue weighted by atomic mass is 16.6. The molecule has 0 saturated heterocycles. The van der Waals surface area contributed by atoms with E-state index in [-0.39, 0.29) is 54.8 Å². The Balaban J connectivity index is 0.000000322. The summed E-state index contributed by atoms with van der Waals surface area (Å²) in [6.45, 7) is 38.7. The molecule has 1 atom stereocenters. The number of carbonyl (C=O) groups is 9. The predicted octanol–water partition coefficient (Wildman–Crippen LogP) is 12.8. The van der Waals surface area contributed by atoms with Crippen LogP contribution in [0.4, 0.5) is 35.3 Å². The summed E-state index contributed by atoms with van der Waals surface area (Å²) in [7, 11) is 0. The first-order valence-electron chi connectivity index (χ1n) is 31.4. The third-order valence-corrected chi connectivity index (χ3v) is 12.9. The number of hydrogen-bond acceptors (Lipinski definition) is 17. The number of imidazole rings is 1. The van der Waals surface area contributed by atoms with Crippen molar-refractivity contribution in [2.24, 2.45) is 0 Å². The lowest BCUT2D eigenvalue weighted by Gasteiger charge is -2.25. The molecule has 0 saturated carbocycles. The quantitative estimate of drug-likeness (QED) is 0.0344. The van der Waals surface area contributed by atoms with Gasteiger partial charge in [0.05, 0.1) is 30.0 Å². The van der Waals surface area contributed by atoms with Crippen LogP contribution in [0.5, 0.6) is 11.5 Å². The molecular weight excluding hydrogens is 1220 g/mol. The van der Waals surface area contributed by atoms with Crippen molar-refractivity contribution >= 4 is 65.2 Å². The molecule has 1 aliphatic rings. The number of anilines is 2. The zero-order valence-electron chi connectivity index (χ0n) is 59.1. The molecule has 0 spiro atoms. The fraction of sp³-hybridized carbons (Fsp3) is 0.493. The van der Waals surface area contributed by atoms with Gasteiger partial charge in [-0.25, -0.2) is 33.5 Å². The van der Waals surface area contributed by atoms with Gasteiger partial charge in [-0.05, 0) is 216 Å². The topological polar surface area (TPSA) is 308 Å². The maximum absolute atomic E-state index is 13.9. The van der Waals surface area contributed by atoms with E-state index in [2.05, 4.69) is 36.9 Å². The number of nitrogens with one attached hydrogen (secondary N) is 6. The zero-order valence-corrected chi connectivity index (χ0v) is 59.1. The summed E-state index contributed by atoms with van der Waals surface area (Å²) in [4.78, 5) is 117. The molecule has 1 heterocycles. The summed E-state index contributed by atoms with van der Waals surface area (Å²) in [5.41, 5.74) is 4.95. The van der Waals surface area contributed by atoms with Crippen LogP contribution in [0, 0.1) is 41.5 Å². The van der Waals surface area contributed by atoms with Crippen LogP contribution in [0.2, 0.25) is 0 Å². The lowest BCUT2D eigenvalue weighted by atomic mass is 9.79. The molecule has 0 aliphatic heterocycles. The van der Waals surface area contributed by atoms with Gasteiger partial charge in [0, 0.05) is 48.2 Å². The van der Waals surface area contributed by atoms with Gasteiger partial charge in [-0.15, -0.1) is 0 Å². The Labute approximate surface area is 558 Å². The molecule has 24 heteroatoms. The van der Waals surface area contributed by atoms with Crippen molar-refractivity contribution in [1.29, 1.82) is 0 Å². The van der Waals surface area contributed by atoms with Crippen molar-refractivity contribution < 1.29 is 76.3 Å². The summed E-state index contributed by atoms with van der Waals surface area (Å²) in [5, 5.41) is 16.0. The SMILES string of the molecule is Cc1ccc(C)c(NC(=O)C(Cc2cn(C(=O)OC(C)(C)C)cn2)NC(=O)OC(C)(C)C)c1.Cc1ccc(C)c(NC(=O)CNC(=O)OC(C)(C)C)c1.Cc1ccc(OCCCNC(=O)OC(C)(C)C)c2c1C(=O)c1c(OCCCNC(=O)OC(C)(C)C)ccc(C)c1C2=O. The van der Waals surface area contributed by atoms with E-state index in [1.165, 1.54) is 17.1 Å². The van der Waals surface area contributed by atoms with Crippen molar-refractivity contribution in [2.75, 3.05) is 43.5 Å². The molecular formula is C71H98N8O16. The largest absolute Gasteiger partial charge is 0.493 e. The number of ether oxygens (including phenoxy) is 7. The molecule has 1 unspecified atom stereocenters. The number of amides is 6. The van der Waals surface area contributed by atoms with E-state index in [4.69, 9.17) is 33.2 Å². The number of nitrogens with zero attached hydrogens (tertiary/aromatic N) is 2. The molecule has 6 rings (SSSR count). The Hall–Kier alpha value is -9.48. The molecule has 1 aliphatic carbocycles. The van der Waals surface area contributed by atoms with Crippen LogP contribution >= 0.6 is 0 Å². The number of ketones is 2. The van der Waals surface area contributed by atoms with E-state index in [0.717, 1.165) is 27.9 Å². The standard InChI is InChI=1S/C32H42N2O8.C24H34N4O5.C15H22N2O3/c1-19-11-13-21(39-17-9-15-33-29(37)41-31(3,4)5)25-23(19)27(35)26-22(14-12-20(2)24(26)28(25)36)40-18-10-16-34-30(38)42-32(6,7)8;1-15-9-10-16(2)18(11-15)26-20(29)19(27-21(30)32-23(3,4)5)12-17-13-28(14-25-17)22(31)33-24(6,7)8;1-10-6-7-11(2)12(8-10)17-13(18)9-16-14(19)20-15(3,4)5/h11-14H,9-10,15-18H2,1-8H3,(H,33,37)(H,34,38);9-11,13-14,19H,12H2,1-8H3,(H,26,29)(H,27,30);6-8H,9H2,1-5H3,(H,16,19)(H,17,18). The van der Waals surface area contributed by atoms with Gasteiger partial charge in [0.2, 0.25) is 11.8 Å². The third-order valence-electron chi connectivity index (χ3n) is 12.9. The average Bonchev–Trinajstić information content (AvgIpc) is 1.04. The smallest absolute Gasteiger partial charge is 0.419 e. The molecule has 1 aromatic heterocycles. The van der Waals surface area contributed by atoms with Crippen molar-refractivity contribution in [3.8, 4) is 11.5 Å². The Morgan fingerprint density at radius 3 is 1.28 bits per heavy atom. The number of benzene rings is 4. The Bertz CT molecular complexity index is 3470. The van der Waals surface area contributed by atoms with Gasteiger partial charge in [-0.2, -0.15) is 0 Å². The lowest BCUT2D eigenvalue weighted by molar-refractivity contribution is -0.118. The Morgan fingerprint density at radius 2 is 0.863 bits per heavy atom. The Morgan fingerprint density at radius 1 is 0.474 bits per heavy atom. The van der Waals surface area contributed by atoms with Crippen LogP contribution in [0.3, 0.4) is 0 Å². The van der Waals surface area contributed by atoms with Gasteiger partial charge in [-0.3, -0.25) is 19.2 Å². The lowest BCUT2D eigenvalue weighted by Crippen LogP contribution is -2.47. The maximum atomic E-state index is 13.9. The van der Waals surface area contributed by atoms with Gasteiger partial charge in [0.25, 0.3) is 0 Å². The molecule has 0 bridgehead atoms. The van der Waals surface area contributed by atoms with E-state index in [0.29, 0.717) is 71.1 Å². The molecule has 0 fully saturated rings. The molecule has 0 radical (unpaired) electrons. The monoisotopic (exact) mass is 1320 g/mol. The minimum atomic E-state index is -0.984. The second-order valence-corrected chi connectivity index (χ2v) is 27.9. The summed E-state index contributed by atoms with van der Waals surface area (Å²) >= 11 is 0. The highest BCUT2D eigenvalue weighted by molar-refractivity contribution is 6.31. The highest BCUT2D eigenvalue weighted by Crippen LogP contribution is 2.40. The normalized spacial score (nSPS) is 12.3. The van der Waals surface area contributed by atoms with Gasteiger partial charge in [0.1, 0.15) is 58.4 Å². The van der Waals surface area contributed by atoms with E-state index in [1.807, 2.05) is 64.1 Å². The maximum Gasteiger partial charge on any atom is 0.419 e. The van der Waals surface area contributed by atoms with E-state index in [9.17, 15) is 43.2 Å². The average molecular weight is 1320 g/mol. The number of aryl methyl sites for hydroxylation is 6. The van der Waals surface area contributed by atoms with Gasteiger partial charge < -0.3 is 65.1 Å². The molecule has 6 amide bonds. The number of aromatic nitrogens is 2. The number of hydrogen-bond donors (Lipinski definition) is 6. The van der Waals surface area contributed by atoms with Crippen molar-refractivity contribution in [1.82, 2.24) is 30.8 Å². The van der Waals surface area contributed by atoms with Crippen LogP contribution in [-0.2, 0) is 39.7 Å². The van der Waals surface area contributed by atoms with Crippen molar-refractivity contribution in [3.05, 3.63) is 135 Å². The zero-order chi connectivity index (χ0) is 71.6. The first kappa shape index (κ1) is 78.0. The van der Waals surface area contributed by atoms with E-state index < -0.39 is 70.4 Å². The number of rotatable bonds is 18. The summed E-state index contributed by atoms with van der Waals surface area (Å²) < 4.78 is 39.2. The minimum Gasteiger partial charge on any atom is -0.493 e. The van der Waals surface area contributed by atoms with Gasteiger partial charge >= 0.3 is 30.5 Å². The fourth-order valence-electron chi connectivity index (χ4n) is 8.79. The number of alkyl carbamates (subject to hydrolysis) is 4. The molecule has 518 valence electrons. The molecule has 24 nitrogen and oxygen atoms in total. The second-order valence-electron chi connectivity index (χ2n) is 27.9. The first-order chi connectivity index (χ1) is 43.9. The number of fused-ring (bicyclic) bond motifs is 2. The molecule has 95 heavy (non-hydrogen) atoms. The van der Waals surface area contributed by atoms with Crippen LogP contribution in [0.15, 0.2) is 73.2 Å². The Kier molecular flexibility index (Phi) is 27.6. The third kappa shape index (κ3) is 27.2.